The fraction of sp³-hybridized carbons (Fsp3) is 0.250. The van der Waals surface area contributed by atoms with E-state index in [0.717, 1.165) is 22.0 Å². The minimum absolute atomic E-state index is 0.0712. The first kappa shape index (κ1) is 22.5. The number of anilines is 1. The van der Waals surface area contributed by atoms with Gasteiger partial charge in [0.25, 0.3) is 10.0 Å². The summed E-state index contributed by atoms with van der Waals surface area (Å²) in [6, 6.07) is 14.4. The van der Waals surface area contributed by atoms with Gasteiger partial charge < -0.3 is 11.1 Å². The Morgan fingerprint density at radius 2 is 1.77 bits per heavy atom. The van der Waals surface area contributed by atoms with Crippen molar-refractivity contribution in [3.63, 3.8) is 0 Å². The molecular weight excluding hydrogens is 408 g/mol. The second-order valence-corrected chi connectivity index (χ2v) is 10.2. The van der Waals surface area contributed by atoms with E-state index in [9.17, 15) is 8.42 Å². The maximum Gasteiger partial charge on any atom is 0.284 e. The molecule has 2 aromatic carbocycles. The molecule has 0 amide bonds. The van der Waals surface area contributed by atoms with Crippen molar-refractivity contribution >= 4 is 32.4 Å². The van der Waals surface area contributed by atoms with Crippen LogP contribution < -0.4 is 11.1 Å². The molecule has 0 unspecified atom stereocenters. The number of aromatic nitrogens is 1. The highest BCUT2D eigenvalue weighted by Crippen LogP contribution is 2.26. The lowest BCUT2D eigenvalue weighted by Crippen LogP contribution is -2.15. The van der Waals surface area contributed by atoms with Crippen molar-refractivity contribution < 1.29 is 8.42 Å². The smallest absolute Gasteiger partial charge is 0.284 e. The second-order valence-electron chi connectivity index (χ2n) is 8.57. The van der Waals surface area contributed by atoms with Crippen LogP contribution in [0.15, 0.2) is 75.8 Å². The molecule has 0 aliphatic heterocycles. The number of nitrogens with one attached hydrogen (secondary N) is 1. The van der Waals surface area contributed by atoms with Crippen LogP contribution in [-0.4, -0.2) is 19.2 Å². The SMILES string of the molecule is CC(N)=CC(=NS(=O)(=O)c1ccc(C(C)(C)C)cc1)Nc1ccc(C)c2ncccc12. The van der Waals surface area contributed by atoms with Crippen LogP contribution in [0.4, 0.5) is 5.69 Å². The van der Waals surface area contributed by atoms with Gasteiger partial charge in [0, 0.05) is 29.0 Å². The molecule has 0 saturated heterocycles. The molecule has 31 heavy (non-hydrogen) atoms. The van der Waals surface area contributed by atoms with E-state index in [1.54, 1.807) is 25.3 Å². The third-order valence-electron chi connectivity index (χ3n) is 4.84. The summed E-state index contributed by atoms with van der Waals surface area (Å²) in [7, 11) is -3.94. The number of sulfonamides is 1. The Labute approximate surface area is 184 Å². The third-order valence-corrected chi connectivity index (χ3v) is 6.14. The lowest BCUT2D eigenvalue weighted by Gasteiger charge is -2.18. The fourth-order valence-corrected chi connectivity index (χ4v) is 4.11. The Bertz CT molecular complexity index is 1270. The van der Waals surface area contributed by atoms with Crippen LogP contribution in [-0.2, 0) is 15.4 Å². The molecule has 0 aliphatic rings. The van der Waals surface area contributed by atoms with Crippen LogP contribution in [0.2, 0.25) is 0 Å². The van der Waals surface area contributed by atoms with Gasteiger partial charge in [0.1, 0.15) is 5.84 Å². The summed E-state index contributed by atoms with van der Waals surface area (Å²) in [5, 5.41) is 3.98. The highest BCUT2D eigenvalue weighted by atomic mass is 32.2. The van der Waals surface area contributed by atoms with Crippen LogP contribution in [0.3, 0.4) is 0 Å². The number of allylic oxidation sites excluding steroid dienone is 1. The number of amidine groups is 1. The number of hydrogen-bond donors (Lipinski definition) is 2. The maximum atomic E-state index is 13.0. The predicted octanol–water partition coefficient (Wildman–Crippen LogP) is 4.90. The van der Waals surface area contributed by atoms with E-state index in [0.29, 0.717) is 11.4 Å². The van der Waals surface area contributed by atoms with Crippen molar-refractivity contribution in [2.45, 2.75) is 44.9 Å². The number of benzene rings is 2. The van der Waals surface area contributed by atoms with Crippen molar-refractivity contribution in [2.24, 2.45) is 10.1 Å². The van der Waals surface area contributed by atoms with E-state index in [1.807, 2.05) is 43.3 Å². The van der Waals surface area contributed by atoms with Gasteiger partial charge in [-0.2, -0.15) is 8.42 Å². The number of fused-ring (bicyclic) bond motifs is 1. The topological polar surface area (TPSA) is 97.4 Å². The van der Waals surface area contributed by atoms with Crippen LogP contribution in [0.25, 0.3) is 10.9 Å². The Balaban J connectivity index is 2.03. The van der Waals surface area contributed by atoms with Gasteiger partial charge in [0.2, 0.25) is 0 Å². The molecule has 3 aromatic rings. The first-order chi connectivity index (χ1) is 14.5. The van der Waals surface area contributed by atoms with E-state index >= 15 is 0 Å². The fourth-order valence-electron chi connectivity index (χ4n) is 3.17. The zero-order chi connectivity index (χ0) is 22.8. The summed E-state index contributed by atoms with van der Waals surface area (Å²) in [5.41, 5.74) is 9.80. The number of nitrogens with zero attached hydrogens (tertiary/aromatic N) is 2. The quantitative estimate of drug-likeness (QED) is 0.448. The molecule has 6 nitrogen and oxygen atoms in total. The number of pyridine rings is 1. The normalized spacial score (nSPS) is 13.5. The Morgan fingerprint density at radius 1 is 1.10 bits per heavy atom. The molecule has 0 atom stereocenters. The molecule has 7 heteroatoms. The van der Waals surface area contributed by atoms with Crippen LogP contribution in [0.1, 0.15) is 38.8 Å². The monoisotopic (exact) mass is 436 g/mol. The predicted molar refractivity (Wildman–Crippen MR) is 128 cm³/mol. The van der Waals surface area contributed by atoms with Gasteiger partial charge >= 0.3 is 0 Å². The molecule has 0 fully saturated rings. The van der Waals surface area contributed by atoms with E-state index in [2.05, 4.69) is 35.5 Å². The Morgan fingerprint density at radius 3 is 2.39 bits per heavy atom. The lowest BCUT2D eigenvalue weighted by atomic mass is 9.87. The summed E-state index contributed by atoms with van der Waals surface area (Å²) >= 11 is 0. The number of nitrogens with two attached hydrogens (primary N) is 1. The molecule has 162 valence electrons. The molecule has 1 aromatic heterocycles. The number of rotatable bonds is 4. The highest BCUT2D eigenvalue weighted by Gasteiger charge is 2.18. The zero-order valence-corrected chi connectivity index (χ0v) is 19.3. The molecule has 3 N–H and O–H groups in total. The Hall–Kier alpha value is -3.19. The summed E-state index contributed by atoms with van der Waals surface area (Å²) in [6.45, 7) is 9.88. The molecule has 3 rings (SSSR count). The van der Waals surface area contributed by atoms with Gasteiger partial charge in [-0.1, -0.05) is 39.0 Å². The average molecular weight is 437 g/mol. The molecule has 0 saturated carbocycles. The van der Waals surface area contributed by atoms with Crippen molar-refractivity contribution in [1.29, 1.82) is 0 Å². The van der Waals surface area contributed by atoms with Crippen LogP contribution in [0.5, 0.6) is 0 Å². The van der Waals surface area contributed by atoms with Crippen molar-refractivity contribution in [1.82, 2.24) is 4.98 Å². The molecule has 0 spiro atoms. The summed E-state index contributed by atoms with van der Waals surface area (Å²) in [6.07, 6.45) is 3.23. The maximum absolute atomic E-state index is 13.0. The van der Waals surface area contributed by atoms with Crippen LogP contribution >= 0.6 is 0 Å². The van der Waals surface area contributed by atoms with Gasteiger partial charge in [0.15, 0.2) is 0 Å². The van der Waals surface area contributed by atoms with Gasteiger partial charge in [-0.25, -0.2) is 0 Å². The van der Waals surface area contributed by atoms with Gasteiger partial charge in [-0.15, -0.1) is 4.40 Å². The molecule has 1 heterocycles. The number of aryl methyl sites for hydroxylation is 1. The van der Waals surface area contributed by atoms with Crippen LogP contribution in [0, 0.1) is 6.92 Å². The minimum Gasteiger partial charge on any atom is -0.402 e. The standard InChI is InChI=1S/C24H28N4O2S/c1-16-8-13-21(20-7-6-14-26-23(16)20)27-22(15-17(2)25)28-31(29,30)19-11-9-18(10-12-19)24(3,4)5/h6-15H,25H2,1-5H3,(H,27,28). The van der Waals surface area contributed by atoms with E-state index in [1.165, 1.54) is 6.08 Å². The van der Waals surface area contributed by atoms with Crippen molar-refractivity contribution in [3.05, 3.63) is 77.6 Å². The van der Waals surface area contributed by atoms with E-state index in [-0.39, 0.29) is 16.1 Å². The van der Waals surface area contributed by atoms with Crippen molar-refractivity contribution in [2.75, 3.05) is 5.32 Å². The van der Waals surface area contributed by atoms with E-state index < -0.39 is 10.0 Å². The largest absolute Gasteiger partial charge is 0.402 e. The molecule has 0 radical (unpaired) electrons. The molecular formula is C24H28N4O2S. The van der Waals surface area contributed by atoms with Gasteiger partial charge in [-0.05, 0) is 60.7 Å². The Kier molecular flexibility index (Phi) is 6.18. The van der Waals surface area contributed by atoms with Gasteiger partial charge in [-0.3, -0.25) is 4.98 Å². The van der Waals surface area contributed by atoms with Crippen molar-refractivity contribution in [3.8, 4) is 0 Å². The van der Waals surface area contributed by atoms with E-state index in [4.69, 9.17) is 5.73 Å². The summed E-state index contributed by atoms with van der Waals surface area (Å²) in [5.74, 6) is 0.133. The minimum atomic E-state index is -3.94. The first-order valence-corrected chi connectivity index (χ1v) is 11.4. The first-order valence-electron chi connectivity index (χ1n) is 9.98. The summed E-state index contributed by atoms with van der Waals surface area (Å²) in [4.78, 5) is 4.54. The number of hydrogen-bond acceptors (Lipinski definition) is 4. The highest BCUT2D eigenvalue weighted by molar-refractivity contribution is 7.90. The zero-order valence-electron chi connectivity index (χ0n) is 18.5. The average Bonchev–Trinajstić information content (AvgIpc) is 2.69. The van der Waals surface area contributed by atoms with Gasteiger partial charge in [0.05, 0.1) is 10.4 Å². The lowest BCUT2D eigenvalue weighted by molar-refractivity contribution is 0.586. The molecule has 0 aliphatic carbocycles. The third kappa shape index (κ3) is 5.30. The second kappa shape index (κ2) is 8.51. The summed E-state index contributed by atoms with van der Waals surface area (Å²) < 4.78 is 30.0. The molecule has 0 bridgehead atoms.